The molecule has 2 amide bonds. The minimum absolute atomic E-state index is 0.0764. The minimum atomic E-state index is -0.619. The van der Waals surface area contributed by atoms with Crippen molar-refractivity contribution in [1.29, 1.82) is 0 Å². The topological polar surface area (TPSA) is 144 Å². The van der Waals surface area contributed by atoms with Crippen LogP contribution in [-0.2, 0) is 38.2 Å². The van der Waals surface area contributed by atoms with E-state index >= 15 is 0 Å². The summed E-state index contributed by atoms with van der Waals surface area (Å²) in [5.41, 5.74) is 0. The number of amides is 2. The molecule has 0 aromatic carbocycles. The SMILES string of the molecule is O=C(CCCCCN(CCOC1OCCCC1O)CCO[C@@H]1OCCCC1O)ON1C(=O)CCC1=O. The standard InChI is InChI=1S/C24H40N2O10/c27-18-6-4-14-32-23(18)34-16-12-25(13-17-35-24-19(28)7-5-15-33-24)11-3-1-2-8-22(31)36-26-20(29)9-10-21(26)30/h18-19,23-24,27-28H,1-17H2/t18?,19?,23-,24?/m0/s1. The number of hydroxylamine groups is 2. The van der Waals surface area contributed by atoms with E-state index in [1.54, 1.807) is 0 Å². The quantitative estimate of drug-likeness (QED) is 0.232. The molecule has 3 saturated heterocycles. The van der Waals surface area contributed by atoms with Gasteiger partial charge in [0, 0.05) is 45.6 Å². The third-order valence-corrected chi connectivity index (χ3v) is 6.41. The molecule has 0 spiro atoms. The Hall–Kier alpha value is -1.67. The summed E-state index contributed by atoms with van der Waals surface area (Å²) in [6.45, 7) is 3.85. The fourth-order valence-electron chi connectivity index (χ4n) is 4.31. The van der Waals surface area contributed by atoms with Crippen LogP contribution in [0.4, 0.5) is 0 Å². The second kappa shape index (κ2) is 15.6. The normalized spacial score (nSPS) is 27.1. The van der Waals surface area contributed by atoms with Crippen molar-refractivity contribution in [3.63, 3.8) is 0 Å². The van der Waals surface area contributed by atoms with E-state index in [2.05, 4.69) is 4.90 Å². The van der Waals surface area contributed by atoms with Crippen molar-refractivity contribution in [2.75, 3.05) is 46.1 Å². The molecular weight excluding hydrogens is 476 g/mol. The number of nitrogens with zero attached hydrogens (tertiary/aromatic N) is 2. The molecule has 3 rings (SSSR count). The van der Waals surface area contributed by atoms with Crippen LogP contribution in [0, 0.1) is 0 Å². The molecule has 3 aliphatic heterocycles. The molecule has 12 nitrogen and oxygen atoms in total. The number of aliphatic hydroxyl groups excluding tert-OH is 2. The van der Waals surface area contributed by atoms with Gasteiger partial charge in [0.2, 0.25) is 0 Å². The molecule has 3 fully saturated rings. The first kappa shape index (κ1) is 28.9. The average molecular weight is 517 g/mol. The van der Waals surface area contributed by atoms with Crippen molar-refractivity contribution in [2.24, 2.45) is 0 Å². The van der Waals surface area contributed by atoms with Gasteiger partial charge in [0.1, 0.15) is 12.2 Å². The Kier molecular flexibility index (Phi) is 12.5. The Labute approximate surface area is 211 Å². The van der Waals surface area contributed by atoms with Gasteiger partial charge in [-0.1, -0.05) is 6.42 Å². The molecule has 0 saturated carbocycles. The molecule has 0 radical (unpaired) electrons. The summed E-state index contributed by atoms with van der Waals surface area (Å²) in [6, 6.07) is 0. The van der Waals surface area contributed by atoms with Crippen LogP contribution in [-0.4, -0.2) is 109 Å². The van der Waals surface area contributed by atoms with Crippen LogP contribution in [0.15, 0.2) is 0 Å². The highest BCUT2D eigenvalue weighted by molar-refractivity contribution is 6.01. The summed E-state index contributed by atoms with van der Waals surface area (Å²) < 4.78 is 22.5. The largest absolute Gasteiger partial charge is 0.388 e. The summed E-state index contributed by atoms with van der Waals surface area (Å²) in [7, 11) is 0. The maximum atomic E-state index is 11.9. The second-order valence-electron chi connectivity index (χ2n) is 9.34. The average Bonchev–Trinajstić information content (AvgIpc) is 3.17. The summed E-state index contributed by atoms with van der Waals surface area (Å²) >= 11 is 0. The summed E-state index contributed by atoms with van der Waals surface area (Å²) in [5, 5.41) is 20.6. The maximum absolute atomic E-state index is 11.9. The molecule has 0 aromatic heterocycles. The van der Waals surface area contributed by atoms with Crippen LogP contribution in [0.3, 0.4) is 0 Å². The Balaban J connectivity index is 1.34. The van der Waals surface area contributed by atoms with Crippen LogP contribution in [0.25, 0.3) is 0 Å². The van der Waals surface area contributed by atoms with Gasteiger partial charge in [-0.15, -0.1) is 5.06 Å². The fourth-order valence-corrected chi connectivity index (χ4v) is 4.31. The smallest absolute Gasteiger partial charge is 0.333 e. The van der Waals surface area contributed by atoms with Gasteiger partial charge in [-0.3, -0.25) is 14.5 Å². The Bertz CT molecular complexity index is 664. The molecule has 0 bridgehead atoms. The molecule has 12 heteroatoms. The zero-order valence-corrected chi connectivity index (χ0v) is 20.9. The molecular formula is C24H40N2O10. The number of ether oxygens (including phenoxy) is 4. The van der Waals surface area contributed by atoms with E-state index in [-0.39, 0.29) is 19.3 Å². The van der Waals surface area contributed by atoms with Gasteiger partial charge < -0.3 is 34.0 Å². The van der Waals surface area contributed by atoms with Gasteiger partial charge in [-0.05, 0) is 45.1 Å². The highest BCUT2D eigenvalue weighted by Crippen LogP contribution is 2.17. The van der Waals surface area contributed by atoms with Crippen LogP contribution >= 0.6 is 0 Å². The summed E-state index contributed by atoms with van der Waals surface area (Å²) in [5.74, 6) is -1.55. The van der Waals surface area contributed by atoms with Gasteiger partial charge in [0.25, 0.3) is 11.8 Å². The van der Waals surface area contributed by atoms with E-state index in [9.17, 15) is 24.6 Å². The first-order valence-corrected chi connectivity index (χ1v) is 13.1. The van der Waals surface area contributed by atoms with Crippen molar-refractivity contribution in [3.8, 4) is 0 Å². The Morgan fingerprint density at radius 3 is 1.94 bits per heavy atom. The molecule has 0 aliphatic carbocycles. The highest BCUT2D eigenvalue weighted by Gasteiger charge is 2.32. The number of imide groups is 1. The zero-order chi connectivity index (χ0) is 25.8. The first-order chi connectivity index (χ1) is 17.4. The van der Waals surface area contributed by atoms with E-state index in [0.717, 1.165) is 32.2 Å². The van der Waals surface area contributed by atoms with Crippen LogP contribution < -0.4 is 0 Å². The monoisotopic (exact) mass is 516 g/mol. The van der Waals surface area contributed by atoms with E-state index in [1.807, 2.05) is 0 Å². The summed E-state index contributed by atoms with van der Waals surface area (Å²) in [4.78, 5) is 42.1. The van der Waals surface area contributed by atoms with Crippen molar-refractivity contribution in [2.45, 2.75) is 89.0 Å². The van der Waals surface area contributed by atoms with Crippen molar-refractivity contribution >= 4 is 17.8 Å². The van der Waals surface area contributed by atoms with Gasteiger partial charge in [-0.25, -0.2) is 4.79 Å². The number of unbranched alkanes of at least 4 members (excludes halogenated alkanes) is 2. The molecule has 3 unspecified atom stereocenters. The van der Waals surface area contributed by atoms with Crippen molar-refractivity contribution in [3.05, 3.63) is 0 Å². The van der Waals surface area contributed by atoms with Gasteiger partial charge in [-0.2, -0.15) is 0 Å². The molecule has 36 heavy (non-hydrogen) atoms. The van der Waals surface area contributed by atoms with Gasteiger partial charge >= 0.3 is 5.97 Å². The molecule has 4 atom stereocenters. The maximum Gasteiger partial charge on any atom is 0.333 e. The third-order valence-electron chi connectivity index (χ3n) is 6.41. The second-order valence-corrected chi connectivity index (χ2v) is 9.34. The Morgan fingerprint density at radius 1 is 0.861 bits per heavy atom. The van der Waals surface area contributed by atoms with Gasteiger partial charge in [0.15, 0.2) is 12.6 Å². The lowest BCUT2D eigenvalue weighted by atomic mass is 10.1. The minimum Gasteiger partial charge on any atom is -0.388 e. The molecule has 2 N–H and O–H groups in total. The number of rotatable bonds is 15. The molecule has 206 valence electrons. The molecule has 0 aromatic rings. The predicted octanol–water partition coefficient (Wildman–Crippen LogP) is 0.484. The van der Waals surface area contributed by atoms with E-state index in [0.29, 0.717) is 63.8 Å². The number of carbonyl (C=O) groups excluding carboxylic acids is 3. The number of hydrogen-bond acceptors (Lipinski definition) is 11. The van der Waals surface area contributed by atoms with Crippen molar-refractivity contribution < 1.29 is 48.4 Å². The predicted molar refractivity (Wildman–Crippen MR) is 124 cm³/mol. The van der Waals surface area contributed by atoms with E-state index in [1.165, 1.54) is 0 Å². The zero-order valence-electron chi connectivity index (χ0n) is 20.9. The lowest BCUT2D eigenvalue weighted by Crippen LogP contribution is -2.40. The summed E-state index contributed by atoms with van der Waals surface area (Å²) in [6.07, 6.45) is 2.91. The molecule has 3 heterocycles. The Morgan fingerprint density at radius 2 is 1.42 bits per heavy atom. The van der Waals surface area contributed by atoms with Crippen LogP contribution in [0.1, 0.15) is 64.2 Å². The number of aliphatic hydroxyl groups is 2. The van der Waals surface area contributed by atoms with Crippen LogP contribution in [0.2, 0.25) is 0 Å². The number of carbonyl (C=O) groups is 3. The van der Waals surface area contributed by atoms with Crippen LogP contribution in [0.5, 0.6) is 0 Å². The highest BCUT2D eigenvalue weighted by atomic mass is 16.7. The fraction of sp³-hybridized carbons (Fsp3) is 0.875. The van der Waals surface area contributed by atoms with Gasteiger partial charge in [0.05, 0.1) is 13.2 Å². The molecule has 3 aliphatic rings. The van der Waals surface area contributed by atoms with E-state index < -0.39 is 42.6 Å². The lowest BCUT2D eigenvalue weighted by molar-refractivity contribution is -0.219. The first-order valence-electron chi connectivity index (χ1n) is 13.1. The number of hydrogen-bond donors (Lipinski definition) is 2. The van der Waals surface area contributed by atoms with E-state index in [4.69, 9.17) is 23.8 Å². The van der Waals surface area contributed by atoms with Crippen molar-refractivity contribution in [1.82, 2.24) is 9.96 Å². The lowest BCUT2D eigenvalue weighted by Gasteiger charge is -2.30. The third kappa shape index (κ3) is 9.66.